The van der Waals surface area contributed by atoms with Gasteiger partial charge in [0, 0.05) is 32.4 Å². The number of allylic oxidation sites excluding steroid dienone is 1. The second kappa shape index (κ2) is 9.55. The third-order valence-corrected chi connectivity index (χ3v) is 6.95. The van der Waals surface area contributed by atoms with Crippen molar-refractivity contribution in [2.45, 2.75) is 19.3 Å². The summed E-state index contributed by atoms with van der Waals surface area (Å²) in [6, 6.07) is 17.6. The van der Waals surface area contributed by atoms with Crippen molar-refractivity contribution in [1.82, 2.24) is 14.9 Å². The van der Waals surface area contributed by atoms with Crippen molar-refractivity contribution < 1.29 is 9.53 Å². The molecule has 7 nitrogen and oxygen atoms in total. The summed E-state index contributed by atoms with van der Waals surface area (Å²) < 4.78 is 5.93. The molecule has 1 spiro atoms. The van der Waals surface area contributed by atoms with Crippen LogP contribution in [-0.4, -0.2) is 47.3 Å². The molecule has 0 radical (unpaired) electrons. The Balaban J connectivity index is 1.32. The number of hydrogen-bond acceptors (Lipinski definition) is 7. The van der Waals surface area contributed by atoms with Gasteiger partial charge in [0.1, 0.15) is 35.7 Å². The number of likely N-dealkylation sites (tertiary alicyclic amines) is 1. The van der Waals surface area contributed by atoms with Crippen molar-refractivity contribution in [1.29, 1.82) is 0 Å². The zero-order valence-electron chi connectivity index (χ0n) is 19.1. The van der Waals surface area contributed by atoms with Crippen LogP contribution in [0.3, 0.4) is 0 Å². The molecule has 174 valence electrons. The maximum absolute atomic E-state index is 10.7. The highest BCUT2D eigenvalue weighted by molar-refractivity contribution is 5.84. The molecule has 0 aliphatic carbocycles. The van der Waals surface area contributed by atoms with E-state index in [9.17, 15) is 4.79 Å². The summed E-state index contributed by atoms with van der Waals surface area (Å²) >= 11 is 0. The first-order valence-electron chi connectivity index (χ1n) is 11.7. The summed E-state index contributed by atoms with van der Waals surface area (Å²) in [4.78, 5) is 24.2. The van der Waals surface area contributed by atoms with Crippen LogP contribution in [0.5, 0.6) is 11.5 Å². The molecule has 5 rings (SSSR count). The van der Waals surface area contributed by atoms with Crippen LogP contribution in [0, 0.1) is 5.41 Å². The van der Waals surface area contributed by atoms with Gasteiger partial charge in [-0.3, -0.25) is 4.79 Å². The van der Waals surface area contributed by atoms with Crippen molar-refractivity contribution in [3.05, 3.63) is 73.2 Å². The molecule has 0 saturated carbocycles. The highest BCUT2D eigenvalue weighted by atomic mass is 16.5. The van der Waals surface area contributed by atoms with E-state index in [-0.39, 0.29) is 0 Å². The largest absolute Gasteiger partial charge is 0.457 e. The maximum Gasteiger partial charge on any atom is 0.144 e. The number of nitrogens with two attached hydrogens (primary N) is 1. The molecule has 7 heteroatoms. The molecular weight excluding hydrogens is 426 g/mol. The van der Waals surface area contributed by atoms with Crippen LogP contribution in [0.25, 0.3) is 11.1 Å². The fourth-order valence-electron chi connectivity index (χ4n) is 5.08. The second-order valence-electron chi connectivity index (χ2n) is 9.08. The lowest BCUT2D eigenvalue weighted by atomic mass is 9.77. The molecule has 1 aromatic heterocycles. The Bertz CT molecular complexity index is 1160. The number of hydrogen-bond donors (Lipinski definition) is 1. The lowest BCUT2D eigenvalue weighted by molar-refractivity contribution is -0.104. The predicted octanol–water partition coefficient (Wildman–Crippen LogP) is 4.52. The highest BCUT2D eigenvalue weighted by Crippen LogP contribution is 2.43. The number of aldehydes is 1. The van der Waals surface area contributed by atoms with E-state index in [2.05, 4.69) is 19.8 Å². The van der Waals surface area contributed by atoms with E-state index in [4.69, 9.17) is 10.5 Å². The van der Waals surface area contributed by atoms with Crippen molar-refractivity contribution in [3.63, 3.8) is 0 Å². The van der Waals surface area contributed by atoms with Gasteiger partial charge in [-0.15, -0.1) is 0 Å². The Labute approximate surface area is 199 Å². The first-order valence-corrected chi connectivity index (χ1v) is 11.7. The predicted molar refractivity (Wildman–Crippen MR) is 134 cm³/mol. The molecule has 2 aliphatic rings. The zero-order chi connectivity index (χ0) is 23.4. The highest BCUT2D eigenvalue weighted by Gasteiger charge is 2.40. The van der Waals surface area contributed by atoms with Crippen molar-refractivity contribution in [2.75, 3.05) is 36.8 Å². The Kier molecular flexibility index (Phi) is 6.16. The molecule has 0 atom stereocenters. The molecule has 2 fully saturated rings. The molecule has 2 aliphatic heterocycles. The number of nitrogen functional groups attached to an aromatic ring is 1. The molecule has 34 heavy (non-hydrogen) atoms. The minimum absolute atomic E-state index is 0.304. The Hall–Kier alpha value is -3.87. The number of carbonyl (C=O) groups excluding carboxylic acids is 1. The minimum atomic E-state index is 0.304. The van der Waals surface area contributed by atoms with E-state index in [1.54, 1.807) is 12.4 Å². The third kappa shape index (κ3) is 4.59. The smallest absolute Gasteiger partial charge is 0.144 e. The van der Waals surface area contributed by atoms with Crippen LogP contribution in [0.15, 0.2) is 73.2 Å². The summed E-state index contributed by atoms with van der Waals surface area (Å²) in [5, 5.41) is 0. The number of ether oxygens (including phenoxy) is 1. The summed E-state index contributed by atoms with van der Waals surface area (Å²) in [6.45, 7) is 3.86. The van der Waals surface area contributed by atoms with Crippen LogP contribution < -0.4 is 15.4 Å². The lowest BCUT2D eigenvalue weighted by Gasteiger charge is -2.40. The lowest BCUT2D eigenvalue weighted by Crippen LogP contribution is -2.42. The molecule has 0 amide bonds. The van der Waals surface area contributed by atoms with Crippen LogP contribution in [0.4, 0.5) is 11.6 Å². The average molecular weight is 456 g/mol. The Morgan fingerprint density at radius 2 is 1.62 bits per heavy atom. The van der Waals surface area contributed by atoms with E-state index in [0.717, 1.165) is 80.2 Å². The molecule has 3 aromatic rings. The number of piperidine rings is 1. The van der Waals surface area contributed by atoms with Gasteiger partial charge in [0.05, 0.1) is 5.56 Å². The number of carbonyl (C=O) groups is 1. The van der Waals surface area contributed by atoms with Crippen LogP contribution in [-0.2, 0) is 4.79 Å². The quantitative estimate of drug-likeness (QED) is 0.432. The van der Waals surface area contributed by atoms with Crippen molar-refractivity contribution in [3.8, 4) is 22.6 Å². The molecule has 0 bridgehead atoms. The summed E-state index contributed by atoms with van der Waals surface area (Å²) in [5.74, 6) is 2.93. The summed E-state index contributed by atoms with van der Waals surface area (Å²) in [7, 11) is 0. The van der Waals surface area contributed by atoms with Gasteiger partial charge in [-0.1, -0.05) is 30.3 Å². The van der Waals surface area contributed by atoms with Crippen LogP contribution in [0.1, 0.15) is 19.3 Å². The van der Waals surface area contributed by atoms with Crippen molar-refractivity contribution >= 4 is 17.9 Å². The fourth-order valence-corrected chi connectivity index (χ4v) is 5.08. The zero-order valence-corrected chi connectivity index (χ0v) is 19.1. The van der Waals surface area contributed by atoms with E-state index >= 15 is 0 Å². The maximum atomic E-state index is 10.7. The SMILES string of the molecule is Nc1ncnc(N2CCC3(CCN(C=CC=O)C3)CC2)c1-c1ccc(Oc2ccccc2)cc1. The van der Waals surface area contributed by atoms with Gasteiger partial charge in [0.15, 0.2) is 0 Å². The number of aromatic nitrogens is 2. The monoisotopic (exact) mass is 455 g/mol. The number of para-hydroxylation sites is 1. The van der Waals surface area contributed by atoms with E-state index < -0.39 is 0 Å². The molecule has 2 aromatic carbocycles. The van der Waals surface area contributed by atoms with Gasteiger partial charge in [0.2, 0.25) is 0 Å². The molecule has 0 unspecified atom stereocenters. The molecule has 2 N–H and O–H groups in total. The second-order valence-corrected chi connectivity index (χ2v) is 9.08. The van der Waals surface area contributed by atoms with Crippen LogP contribution >= 0.6 is 0 Å². The van der Waals surface area contributed by atoms with Gasteiger partial charge in [-0.2, -0.15) is 0 Å². The fraction of sp³-hybridized carbons (Fsp3) is 0.296. The van der Waals surface area contributed by atoms with Crippen LogP contribution in [0.2, 0.25) is 0 Å². The van der Waals surface area contributed by atoms with Gasteiger partial charge < -0.3 is 20.3 Å². The number of rotatable bonds is 6. The van der Waals surface area contributed by atoms with Gasteiger partial charge >= 0.3 is 0 Å². The van der Waals surface area contributed by atoms with Gasteiger partial charge in [-0.05, 0) is 60.6 Å². The summed E-state index contributed by atoms with van der Waals surface area (Å²) in [5.41, 5.74) is 8.49. The van der Waals surface area contributed by atoms with Crippen molar-refractivity contribution in [2.24, 2.45) is 5.41 Å². The molecular formula is C27H29N5O2. The van der Waals surface area contributed by atoms with E-state index in [0.29, 0.717) is 11.2 Å². The van der Waals surface area contributed by atoms with Gasteiger partial charge in [-0.25, -0.2) is 9.97 Å². The topological polar surface area (TPSA) is 84.6 Å². The van der Waals surface area contributed by atoms with Gasteiger partial charge in [0.25, 0.3) is 0 Å². The molecule has 3 heterocycles. The Morgan fingerprint density at radius 1 is 0.912 bits per heavy atom. The number of nitrogens with zero attached hydrogens (tertiary/aromatic N) is 4. The first kappa shape index (κ1) is 21.9. The third-order valence-electron chi connectivity index (χ3n) is 6.95. The normalized spacial score (nSPS) is 17.4. The average Bonchev–Trinajstić information content (AvgIpc) is 3.26. The van der Waals surface area contributed by atoms with E-state index in [1.165, 1.54) is 0 Å². The standard InChI is InChI=1S/C27H29N5O2/c28-25-24(21-7-9-23(10-8-21)34-22-5-2-1-3-6-22)26(30-20-29-25)32-16-12-27(13-17-32)11-15-31(19-27)14-4-18-33/h1-10,14,18,20H,11-13,15-17,19H2,(H2,28,29,30). The number of anilines is 2. The first-order chi connectivity index (χ1) is 16.7. The summed E-state index contributed by atoms with van der Waals surface area (Å²) in [6.07, 6.45) is 9.23. The molecule has 2 saturated heterocycles. The minimum Gasteiger partial charge on any atom is -0.457 e. The number of benzene rings is 2. The van der Waals surface area contributed by atoms with E-state index in [1.807, 2.05) is 60.8 Å². The Morgan fingerprint density at radius 3 is 2.35 bits per heavy atom.